The van der Waals surface area contributed by atoms with Crippen LogP contribution >= 0.6 is 0 Å². The average Bonchev–Trinajstić information content (AvgIpc) is 2.79. The van der Waals surface area contributed by atoms with E-state index in [9.17, 15) is 9.90 Å². The Kier molecular flexibility index (Phi) is 5.66. The van der Waals surface area contributed by atoms with E-state index in [1.807, 2.05) is 23.1 Å². The first-order valence-electron chi connectivity index (χ1n) is 9.79. The van der Waals surface area contributed by atoms with E-state index in [2.05, 4.69) is 41.3 Å². The summed E-state index contributed by atoms with van der Waals surface area (Å²) >= 11 is 0. The Labute approximate surface area is 170 Å². The van der Waals surface area contributed by atoms with Crippen molar-refractivity contribution in [3.8, 4) is 22.6 Å². The van der Waals surface area contributed by atoms with Crippen molar-refractivity contribution in [2.45, 2.75) is 0 Å². The number of rotatable bonds is 5. The maximum absolute atomic E-state index is 12.4. The summed E-state index contributed by atoms with van der Waals surface area (Å²) in [6.45, 7) is 2.97. The van der Waals surface area contributed by atoms with Crippen molar-refractivity contribution in [2.75, 3.05) is 37.7 Å². The molecule has 4 rings (SSSR count). The topological polar surface area (TPSA) is 53.0 Å². The molecule has 0 atom stereocenters. The number of hydrogen-bond acceptors (Lipinski definition) is 4. The highest BCUT2D eigenvalue weighted by Crippen LogP contribution is 2.24. The molecule has 29 heavy (non-hydrogen) atoms. The number of ether oxygens (including phenoxy) is 1. The molecule has 1 aliphatic heterocycles. The molecule has 1 N–H and O–H groups in total. The van der Waals surface area contributed by atoms with Crippen LogP contribution in [0.2, 0.25) is 0 Å². The summed E-state index contributed by atoms with van der Waals surface area (Å²) < 4.78 is 5.53. The molecule has 1 saturated heterocycles. The lowest BCUT2D eigenvalue weighted by atomic mass is 10.1. The molecular weight excluding hydrogens is 364 g/mol. The Morgan fingerprint density at radius 2 is 1.41 bits per heavy atom. The van der Waals surface area contributed by atoms with Gasteiger partial charge in [0.2, 0.25) is 0 Å². The van der Waals surface area contributed by atoms with Crippen molar-refractivity contribution >= 4 is 11.6 Å². The predicted octanol–water partition coefficient (Wildman–Crippen LogP) is 3.79. The number of phenols is 1. The quantitative estimate of drug-likeness (QED) is 0.723. The van der Waals surface area contributed by atoms with E-state index in [1.54, 1.807) is 24.3 Å². The molecule has 0 bridgehead atoms. The normalized spacial score (nSPS) is 13.9. The van der Waals surface area contributed by atoms with Crippen LogP contribution < -0.4 is 9.64 Å². The zero-order valence-electron chi connectivity index (χ0n) is 16.2. The molecule has 0 radical (unpaired) electrons. The van der Waals surface area contributed by atoms with Gasteiger partial charge in [0, 0.05) is 31.9 Å². The van der Waals surface area contributed by atoms with E-state index in [4.69, 9.17) is 4.74 Å². The largest absolute Gasteiger partial charge is 0.508 e. The minimum Gasteiger partial charge on any atom is -0.508 e. The lowest BCUT2D eigenvalue weighted by molar-refractivity contribution is -0.133. The molecule has 148 valence electrons. The van der Waals surface area contributed by atoms with E-state index < -0.39 is 0 Å². The van der Waals surface area contributed by atoms with Gasteiger partial charge in [-0.05, 0) is 47.5 Å². The molecule has 0 spiro atoms. The Morgan fingerprint density at radius 1 is 0.793 bits per heavy atom. The lowest BCUT2D eigenvalue weighted by Crippen LogP contribution is -2.50. The van der Waals surface area contributed by atoms with Crippen LogP contribution in [0.25, 0.3) is 11.1 Å². The van der Waals surface area contributed by atoms with Crippen LogP contribution in [0.1, 0.15) is 0 Å². The molecule has 1 fully saturated rings. The van der Waals surface area contributed by atoms with Crippen molar-refractivity contribution in [2.24, 2.45) is 0 Å². The first-order valence-corrected chi connectivity index (χ1v) is 9.79. The molecule has 5 heteroatoms. The van der Waals surface area contributed by atoms with Gasteiger partial charge in [-0.25, -0.2) is 0 Å². The molecule has 1 aliphatic rings. The number of anilines is 1. The average molecular weight is 388 g/mol. The van der Waals surface area contributed by atoms with Gasteiger partial charge in [0.15, 0.2) is 6.61 Å². The third-order valence-corrected chi connectivity index (χ3v) is 5.17. The van der Waals surface area contributed by atoms with Gasteiger partial charge in [-0.2, -0.15) is 0 Å². The summed E-state index contributed by atoms with van der Waals surface area (Å²) in [5.74, 6) is 0.738. The van der Waals surface area contributed by atoms with Crippen molar-refractivity contribution in [3.05, 3.63) is 78.9 Å². The second kappa shape index (κ2) is 8.69. The molecule has 3 aromatic rings. The smallest absolute Gasteiger partial charge is 0.260 e. The van der Waals surface area contributed by atoms with Crippen LogP contribution in [0.3, 0.4) is 0 Å². The second-order valence-electron chi connectivity index (χ2n) is 7.06. The monoisotopic (exact) mass is 388 g/mol. The van der Waals surface area contributed by atoms with E-state index >= 15 is 0 Å². The summed E-state index contributed by atoms with van der Waals surface area (Å²) in [6.07, 6.45) is 0. The van der Waals surface area contributed by atoms with Crippen LogP contribution in [-0.2, 0) is 4.79 Å². The van der Waals surface area contributed by atoms with Crippen molar-refractivity contribution in [1.82, 2.24) is 4.90 Å². The lowest BCUT2D eigenvalue weighted by Gasteiger charge is -2.36. The summed E-state index contributed by atoms with van der Waals surface area (Å²) in [7, 11) is 0. The van der Waals surface area contributed by atoms with Crippen LogP contribution in [0.15, 0.2) is 78.9 Å². The standard InChI is InChI=1S/C24H24N2O3/c27-22-10-12-23(13-11-22)29-18-24(28)26-16-14-25(15-17-26)21-8-6-20(7-9-21)19-4-2-1-3-5-19/h1-13,27H,14-18H2. The predicted molar refractivity (Wildman–Crippen MR) is 114 cm³/mol. The second-order valence-corrected chi connectivity index (χ2v) is 7.06. The fraction of sp³-hybridized carbons (Fsp3) is 0.208. The molecule has 1 heterocycles. The first-order chi connectivity index (χ1) is 14.2. The zero-order valence-corrected chi connectivity index (χ0v) is 16.2. The first kappa shape index (κ1) is 18.9. The van der Waals surface area contributed by atoms with Gasteiger partial charge < -0.3 is 19.6 Å². The van der Waals surface area contributed by atoms with E-state index in [0.717, 1.165) is 13.1 Å². The summed E-state index contributed by atoms with van der Waals surface area (Å²) in [4.78, 5) is 16.6. The SMILES string of the molecule is O=C(COc1ccc(O)cc1)N1CCN(c2ccc(-c3ccccc3)cc2)CC1. The molecule has 1 amide bonds. The van der Waals surface area contributed by atoms with Gasteiger partial charge in [-0.1, -0.05) is 42.5 Å². The van der Waals surface area contributed by atoms with E-state index in [1.165, 1.54) is 16.8 Å². The number of nitrogens with zero attached hydrogens (tertiary/aromatic N) is 2. The van der Waals surface area contributed by atoms with Gasteiger partial charge in [-0.3, -0.25) is 4.79 Å². The Morgan fingerprint density at radius 3 is 2.07 bits per heavy atom. The zero-order chi connectivity index (χ0) is 20.1. The Hall–Kier alpha value is -3.47. The van der Waals surface area contributed by atoms with Crippen molar-refractivity contribution < 1.29 is 14.6 Å². The number of phenolic OH excluding ortho intramolecular Hbond substituents is 1. The third-order valence-electron chi connectivity index (χ3n) is 5.17. The van der Waals surface area contributed by atoms with Gasteiger partial charge in [0.05, 0.1) is 0 Å². The summed E-state index contributed by atoms with van der Waals surface area (Å²) in [5, 5.41) is 9.29. The minimum atomic E-state index is -0.0165. The highest BCUT2D eigenvalue weighted by molar-refractivity contribution is 5.78. The van der Waals surface area contributed by atoms with Gasteiger partial charge in [0.25, 0.3) is 5.91 Å². The molecule has 0 saturated carbocycles. The maximum Gasteiger partial charge on any atom is 0.260 e. The number of carbonyl (C=O) groups is 1. The highest BCUT2D eigenvalue weighted by atomic mass is 16.5. The third kappa shape index (κ3) is 4.69. The van der Waals surface area contributed by atoms with Crippen molar-refractivity contribution in [1.29, 1.82) is 0 Å². The van der Waals surface area contributed by atoms with Gasteiger partial charge in [-0.15, -0.1) is 0 Å². The van der Waals surface area contributed by atoms with Crippen LogP contribution in [0.5, 0.6) is 11.5 Å². The van der Waals surface area contributed by atoms with Gasteiger partial charge in [0.1, 0.15) is 11.5 Å². The van der Waals surface area contributed by atoms with Crippen molar-refractivity contribution in [3.63, 3.8) is 0 Å². The summed E-state index contributed by atoms with van der Waals surface area (Å²) in [5.41, 5.74) is 3.59. The number of piperazine rings is 1. The number of aromatic hydroxyl groups is 1. The van der Waals surface area contributed by atoms with Crippen LogP contribution in [0, 0.1) is 0 Å². The molecular formula is C24H24N2O3. The van der Waals surface area contributed by atoms with E-state index in [-0.39, 0.29) is 18.3 Å². The molecule has 5 nitrogen and oxygen atoms in total. The molecule has 3 aromatic carbocycles. The fourth-order valence-electron chi connectivity index (χ4n) is 3.49. The Bertz CT molecular complexity index is 932. The number of carbonyl (C=O) groups excluding carboxylic acids is 1. The highest BCUT2D eigenvalue weighted by Gasteiger charge is 2.21. The number of benzene rings is 3. The van der Waals surface area contributed by atoms with Crippen LogP contribution in [0.4, 0.5) is 5.69 Å². The fourth-order valence-corrected chi connectivity index (χ4v) is 3.49. The maximum atomic E-state index is 12.4. The van der Waals surface area contributed by atoms with Crippen LogP contribution in [-0.4, -0.2) is 48.7 Å². The van der Waals surface area contributed by atoms with E-state index in [0.29, 0.717) is 18.8 Å². The molecule has 0 aliphatic carbocycles. The molecule has 0 aromatic heterocycles. The number of hydrogen-bond donors (Lipinski definition) is 1. The van der Waals surface area contributed by atoms with Gasteiger partial charge >= 0.3 is 0 Å². The molecule has 0 unspecified atom stereocenters. The Balaban J connectivity index is 1.28. The minimum absolute atomic E-state index is 0.0105. The number of amides is 1. The summed E-state index contributed by atoms with van der Waals surface area (Å²) in [6, 6.07) is 25.3.